The van der Waals surface area contributed by atoms with Crippen LogP contribution in [0.4, 0.5) is 0 Å². The van der Waals surface area contributed by atoms with Crippen LogP contribution in [0.2, 0.25) is 0 Å². The predicted molar refractivity (Wildman–Crippen MR) is 143 cm³/mol. The molecule has 1 fully saturated rings. The second kappa shape index (κ2) is 11.1. The van der Waals surface area contributed by atoms with Crippen LogP contribution in [-0.4, -0.2) is 67.2 Å². The molecule has 2 aliphatic rings. The van der Waals surface area contributed by atoms with Crippen molar-refractivity contribution in [1.29, 1.82) is 0 Å². The zero-order chi connectivity index (χ0) is 26.7. The number of aliphatic hydroxyl groups excluding tert-OH is 1. The highest BCUT2D eigenvalue weighted by Crippen LogP contribution is 2.60. The zero-order valence-electron chi connectivity index (χ0n) is 22.5. The molecule has 198 valence electrons. The lowest BCUT2D eigenvalue weighted by molar-refractivity contribution is -0.101. The van der Waals surface area contributed by atoms with Gasteiger partial charge in [0.15, 0.2) is 5.60 Å². The van der Waals surface area contributed by atoms with E-state index in [2.05, 4.69) is 43.1 Å². The Labute approximate surface area is 219 Å². The molecule has 2 aromatic carbocycles. The van der Waals surface area contributed by atoms with Gasteiger partial charge in [0.25, 0.3) is 0 Å². The summed E-state index contributed by atoms with van der Waals surface area (Å²) in [6.45, 7) is 5.01. The number of aromatic nitrogens is 1. The van der Waals surface area contributed by atoms with E-state index in [4.69, 9.17) is 14.2 Å². The maximum Gasteiger partial charge on any atom is 0.226 e. The van der Waals surface area contributed by atoms with Crippen molar-refractivity contribution in [3.63, 3.8) is 0 Å². The molecule has 1 aromatic heterocycles. The lowest BCUT2D eigenvalue weighted by atomic mass is 9.86. The van der Waals surface area contributed by atoms with Crippen molar-refractivity contribution in [2.24, 2.45) is 5.92 Å². The maximum absolute atomic E-state index is 11.8. The molecular weight excluding hydrogens is 468 g/mol. The number of hydrogen-bond acceptors (Lipinski definition) is 7. The molecule has 7 nitrogen and oxygen atoms in total. The molecule has 0 spiro atoms. The third-order valence-corrected chi connectivity index (χ3v) is 7.29. The molecule has 37 heavy (non-hydrogen) atoms. The number of hydrogen-bond donors (Lipinski definition) is 2. The van der Waals surface area contributed by atoms with Crippen LogP contribution < -0.4 is 14.2 Å². The number of rotatable bonds is 6. The SMILES string of the molecule is CC(C)c1ccccc1.COc1cc2c(c(OC)n1)[C@@]1(O)C(O2)[C@H](c2ccccc2)[C@@H](CN(C)C)[C@H]1O. The normalized spacial score (nSPS) is 25.7. The summed E-state index contributed by atoms with van der Waals surface area (Å²) in [7, 11) is 6.89. The van der Waals surface area contributed by atoms with Crippen molar-refractivity contribution in [2.45, 2.75) is 43.5 Å². The van der Waals surface area contributed by atoms with Crippen LogP contribution in [0.25, 0.3) is 0 Å². The first-order valence-corrected chi connectivity index (χ1v) is 12.7. The highest BCUT2D eigenvalue weighted by molar-refractivity contribution is 5.55. The fourth-order valence-corrected chi connectivity index (χ4v) is 5.54. The van der Waals surface area contributed by atoms with Crippen LogP contribution in [0, 0.1) is 5.92 Å². The number of aliphatic hydroxyl groups is 2. The summed E-state index contributed by atoms with van der Waals surface area (Å²) in [5.74, 6) is 1.19. The first-order chi connectivity index (χ1) is 17.7. The van der Waals surface area contributed by atoms with Gasteiger partial charge in [-0.1, -0.05) is 74.5 Å². The van der Waals surface area contributed by atoms with E-state index in [0.717, 1.165) is 5.56 Å². The number of ether oxygens (including phenoxy) is 3. The largest absolute Gasteiger partial charge is 0.485 e. The molecule has 1 aliphatic heterocycles. The molecule has 1 aliphatic carbocycles. The minimum absolute atomic E-state index is 0.202. The Balaban J connectivity index is 0.000000301. The lowest BCUT2D eigenvalue weighted by Gasteiger charge is -2.29. The fraction of sp³-hybridized carbons (Fsp3) is 0.433. The van der Waals surface area contributed by atoms with Crippen LogP contribution in [0.1, 0.15) is 42.4 Å². The summed E-state index contributed by atoms with van der Waals surface area (Å²) >= 11 is 0. The van der Waals surface area contributed by atoms with E-state index in [1.165, 1.54) is 19.8 Å². The molecule has 0 radical (unpaired) electrons. The van der Waals surface area contributed by atoms with Crippen LogP contribution in [0.15, 0.2) is 66.7 Å². The smallest absolute Gasteiger partial charge is 0.226 e. The van der Waals surface area contributed by atoms with Crippen LogP contribution >= 0.6 is 0 Å². The molecule has 7 heteroatoms. The highest BCUT2D eigenvalue weighted by atomic mass is 16.5. The van der Waals surface area contributed by atoms with Crippen molar-refractivity contribution in [1.82, 2.24) is 9.88 Å². The maximum atomic E-state index is 11.8. The summed E-state index contributed by atoms with van der Waals surface area (Å²) in [5, 5.41) is 23.1. The van der Waals surface area contributed by atoms with Gasteiger partial charge in [-0.2, -0.15) is 4.98 Å². The molecule has 3 aromatic rings. The minimum Gasteiger partial charge on any atom is -0.485 e. The van der Waals surface area contributed by atoms with Crippen molar-refractivity contribution in [3.05, 3.63) is 83.4 Å². The second-order valence-electron chi connectivity index (χ2n) is 10.3. The van der Waals surface area contributed by atoms with Crippen molar-refractivity contribution < 1.29 is 24.4 Å². The first-order valence-electron chi connectivity index (χ1n) is 12.7. The van der Waals surface area contributed by atoms with Crippen LogP contribution in [0.5, 0.6) is 17.5 Å². The molecule has 0 bridgehead atoms. The van der Waals surface area contributed by atoms with Crippen molar-refractivity contribution in [3.8, 4) is 17.5 Å². The quantitative estimate of drug-likeness (QED) is 0.519. The number of benzene rings is 2. The highest BCUT2D eigenvalue weighted by Gasteiger charge is 2.67. The van der Waals surface area contributed by atoms with Crippen LogP contribution in [-0.2, 0) is 5.60 Å². The molecule has 0 saturated heterocycles. The Morgan fingerprint density at radius 2 is 1.62 bits per heavy atom. The molecule has 1 unspecified atom stereocenters. The van der Waals surface area contributed by atoms with Crippen molar-refractivity contribution >= 4 is 0 Å². The number of methoxy groups -OCH3 is 2. The van der Waals surface area contributed by atoms with Crippen LogP contribution in [0.3, 0.4) is 0 Å². The Hall–Kier alpha value is -3.13. The minimum atomic E-state index is -1.62. The molecular formula is C30H38N2O5. The average molecular weight is 507 g/mol. The van der Waals surface area contributed by atoms with Gasteiger partial charge in [-0.3, -0.25) is 0 Å². The molecule has 0 amide bonds. The van der Waals surface area contributed by atoms with Gasteiger partial charge in [0, 0.05) is 24.4 Å². The number of fused-ring (bicyclic) bond motifs is 3. The second-order valence-corrected chi connectivity index (χ2v) is 10.3. The molecule has 2 N–H and O–H groups in total. The van der Waals surface area contributed by atoms with E-state index >= 15 is 0 Å². The van der Waals surface area contributed by atoms with Gasteiger partial charge in [-0.25, -0.2) is 0 Å². The topological polar surface area (TPSA) is 84.3 Å². The van der Waals surface area contributed by atoms with Gasteiger partial charge in [0.1, 0.15) is 11.9 Å². The Morgan fingerprint density at radius 3 is 2.14 bits per heavy atom. The van der Waals surface area contributed by atoms with Gasteiger partial charge >= 0.3 is 0 Å². The number of pyridine rings is 1. The molecule has 5 rings (SSSR count). The first kappa shape index (κ1) is 26.9. The van der Waals surface area contributed by atoms with Gasteiger partial charge in [0.05, 0.1) is 25.9 Å². The summed E-state index contributed by atoms with van der Waals surface area (Å²) in [6.07, 6.45) is -1.71. The molecule has 5 atom stereocenters. The van der Waals surface area contributed by atoms with E-state index in [0.29, 0.717) is 29.7 Å². The van der Waals surface area contributed by atoms with Gasteiger partial charge in [-0.05, 0) is 31.1 Å². The van der Waals surface area contributed by atoms with E-state index in [1.807, 2.05) is 55.4 Å². The Kier molecular flexibility index (Phi) is 8.07. The molecule has 2 heterocycles. The third-order valence-electron chi connectivity index (χ3n) is 7.29. The van der Waals surface area contributed by atoms with E-state index in [1.54, 1.807) is 6.07 Å². The van der Waals surface area contributed by atoms with E-state index in [9.17, 15) is 10.2 Å². The lowest BCUT2D eigenvalue weighted by Crippen LogP contribution is -2.44. The number of nitrogens with zero attached hydrogens (tertiary/aromatic N) is 2. The average Bonchev–Trinajstić information content (AvgIpc) is 3.31. The van der Waals surface area contributed by atoms with Gasteiger partial charge in [0.2, 0.25) is 11.8 Å². The Morgan fingerprint density at radius 1 is 1.00 bits per heavy atom. The summed E-state index contributed by atoms with van der Waals surface area (Å²) in [4.78, 5) is 6.31. The van der Waals surface area contributed by atoms with Gasteiger partial charge < -0.3 is 29.3 Å². The standard InChI is InChI=1S/C21H26N2O5.C9H12/c1-23(2)11-13-16(12-8-6-5-7-9-12)19-21(25,18(13)24)17-14(28-19)10-15(26-3)22-20(17)27-4;1-8(2)9-6-4-3-5-7-9/h5-10,13,16,18-19,24-25H,11H2,1-4H3;3-8H,1-2H3/t13-,16-,18-,19?,21+;/m1./s1. The van der Waals surface area contributed by atoms with Crippen molar-refractivity contribution in [2.75, 3.05) is 34.9 Å². The summed E-state index contributed by atoms with van der Waals surface area (Å²) in [6, 6.07) is 22.0. The zero-order valence-corrected chi connectivity index (χ0v) is 22.5. The monoisotopic (exact) mass is 506 g/mol. The predicted octanol–water partition coefficient (Wildman–Crippen LogP) is 4.19. The fourth-order valence-electron chi connectivity index (χ4n) is 5.54. The third kappa shape index (κ3) is 5.04. The molecule has 1 saturated carbocycles. The van der Waals surface area contributed by atoms with E-state index < -0.39 is 17.8 Å². The summed E-state index contributed by atoms with van der Waals surface area (Å²) < 4.78 is 16.9. The van der Waals surface area contributed by atoms with E-state index in [-0.39, 0.29) is 17.7 Å². The summed E-state index contributed by atoms with van der Waals surface area (Å²) in [5.41, 5.74) is 1.19. The van der Waals surface area contributed by atoms with Gasteiger partial charge in [-0.15, -0.1) is 0 Å². The Bertz CT molecular complexity index is 1170.